The van der Waals surface area contributed by atoms with Crippen LogP contribution in [0.25, 0.3) is 10.9 Å². The Kier molecular flexibility index (Phi) is 4.44. The molecule has 0 N–H and O–H groups in total. The molecular formula is C19H26N2O2. The van der Waals surface area contributed by atoms with Crippen LogP contribution in [0, 0.1) is 6.92 Å². The fourth-order valence-corrected chi connectivity index (χ4v) is 3.67. The van der Waals surface area contributed by atoms with Gasteiger partial charge in [-0.2, -0.15) is 0 Å². The van der Waals surface area contributed by atoms with Crippen molar-refractivity contribution in [2.75, 3.05) is 20.2 Å². The zero-order chi connectivity index (χ0) is 16.6. The van der Waals surface area contributed by atoms with Crippen LogP contribution in [0.2, 0.25) is 0 Å². The van der Waals surface area contributed by atoms with E-state index in [1.54, 1.807) is 7.11 Å². The third-order valence-corrected chi connectivity index (χ3v) is 5.26. The van der Waals surface area contributed by atoms with Gasteiger partial charge >= 0.3 is 0 Å². The van der Waals surface area contributed by atoms with Crippen molar-refractivity contribution in [1.29, 1.82) is 0 Å². The maximum Gasteiger partial charge on any atom is 0.182 e. The molecule has 0 aliphatic carbocycles. The molecule has 1 aliphatic heterocycles. The molecule has 1 aliphatic rings. The molecule has 124 valence electrons. The minimum absolute atomic E-state index is 0.0641. The molecule has 23 heavy (non-hydrogen) atoms. The van der Waals surface area contributed by atoms with Gasteiger partial charge in [-0.3, -0.25) is 9.69 Å². The molecule has 0 saturated carbocycles. The Morgan fingerprint density at radius 1 is 1.22 bits per heavy atom. The van der Waals surface area contributed by atoms with Crippen molar-refractivity contribution in [3.63, 3.8) is 0 Å². The molecule has 0 amide bonds. The highest BCUT2D eigenvalue weighted by Gasteiger charge is 2.28. The third-order valence-electron chi connectivity index (χ3n) is 5.26. The lowest BCUT2D eigenvalue weighted by Crippen LogP contribution is -2.42. The van der Waals surface area contributed by atoms with Gasteiger partial charge in [0.05, 0.1) is 13.2 Å². The number of hydrogen-bond acceptors (Lipinski definition) is 3. The second-order valence-electron chi connectivity index (χ2n) is 6.54. The molecular weight excluding hydrogens is 288 g/mol. The fourth-order valence-electron chi connectivity index (χ4n) is 3.67. The Balaban J connectivity index is 2.03. The summed E-state index contributed by atoms with van der Waals surface area (Å²) in [5.41, 5.74) is 2.96. The Hall–Kier alpha value is -1.81. The van der Waals surface area contributed by atoms with Crippen molar-refractivity contribution in [2.24, 2.45) is 7.05 Å². The topological polar surface area (TPSA) is 34.5 Å². The predicted octanol–water partition coefficient (Wildman–Crippen LogP) is 3.55. The van der Waals surface area contributed by atoms with Crippen molar-refractivity contribution in [1.82, 2.24) is 9.47 Å². The minimum atomic E-state index is -0.0641. The zero-order valence-electron chi connectivity index (χ0n) is 14.6. The number of methoxy groups -OCH3 is 1. The third kappa shape index (κ3) is 2.76. The zero-order valence-corrected chi connectivity index (χ0v) is 14.6. The standard InChI is InChI=1S/C19H26N2O2/c1-13-18(19(22)14(2)21-10-6-5-7-11-21)16-12-15(23-4)8-9-17(16)20(13)3/h8-9,12,14H,5-7,10-11H2,1-4H3/t14-/m1/s1. The van der Waals surface area contributed by atoms with Gasteiger partial charge < -0.3 is 9.30 Å². The average molecular weight is 314 g/mol. The number of aromatic nitrogens is 1. The van der Waals surface area contributed by atoms with E-state index in [0.717, 1.165) is 41.0 Å². The van der Waals surface area contributed by atoms with Crippen LogP contribution in [0.4, 0.5) is 0 Å². The number of hydrogen-bond donors (Lipinski definition) is 0. The highest BCUT2D eigenvalue weighted by atomic mass is 16.5. The maximum absolute atomic E-state index is 13.2. The van der Waals surface area contributed by atoms with Gasteiger partial charge in [-0.15, -0.1) is 0 Å². The average Bonchev–Trinajstić information content (AvgIpc) is 2.84. The first-order chi connectivity index (χ1) is 11.0. The first kappa shape index (κ1) is 16.1. The second-order valence-corrected chi connectivity index (χ2v) is 6.54. The van der Waals surface area contributed by atoms with Crippen LogP contribution < -0.4 is 4.74 Å². The van der Waals surface area contributed by atoms with Gasteiger partial charge in [-0.25, -0.2) is 0 Å². The molecule has 0 bridgehead atoms. The summed E-state index contributed by atoms with van der Waals surface area (Å²) in [7, 11) is 3.68. The lowest BCUT2D eigenvalue weighted by molar-refractivity contribution is 0.0809. The van der Waals surface area contributed by atoms with E-state index in [1.807, 2.05) is 39.1 Å². The Morgan fingerprint density at radius 3 is 2.57 bits per heavy atom. The lowest BCUT2D eigenvalue weighted by atomic mass is 9.99. The van der Waals surface area contributed by atoms with Gasteiger partial charge in [0.2, 0.25) is 0 Å². The monoisotopic (exact) mass is 314 g/mol. The van der Waals surface area contributed by atoms with E-state index >= 15 is 0 Å². The first-order valence-corrected chi connectivity index (χ1v) is 8.46. The number of fused-ring (bicyclic) bond motifs is 1. The normalized spacial score (nSPS) is 17.4. The van der Waals surface area contributed by atoms with Crippen LogP contribution >= 0.6 is 0 Å². The van der Waals surface area contributed by atoms with E-state index in [-0.39, 0.29) is 11.8 Å². The first-order valence-electron chi connectivity index (χ1n) is 8.46. The number of Topliss-reactive ketones (excluding diaryl/α,β-unsaturated/α-hetero) is 1. The number of ether oxygens (including phenoxy) is 1. The van der Waals surface area contributed by atoms with Crippen molar-refractivity contribution in [3.05, 3.63) is 29.5 Å². The Morgan fingerprint density at radius 2 is 1.91 bits per heavy atom. The smallest absolute Gasteiger partial charge is 0.182 e. The molecule has 4 heteroatoms. The number of nitrogens with zero attached hydrogens (tertiary/aromatic N) is 2. The van der Waals surface area contributed by atoms with Crippen LogP contribution in [-0.2, 0) is 7.05 Å². The largest absolute Gasteiger partial charge is 0.497 e. The summed E-state index contributed by atoms with van der Waals surface area (Å²) in [5, 5.41) is 0.998. The van der Waals surface area contributed by atoms with Crippen molar-refractivity contribution in [3.8, 4) is 5.75 Å². The summed E-state index contributed by atoms with van der Waals surface area (Å²) in [6, 6.07) is 5.90. The molecule has 1 fully saturated rings. The molecule has 1 aromatic heterocycles. The van der Waals surface area contributed by atoms with Gasteiger partial charge in [0, 0.05) is 29.2 Å². The Bertz CT molecular complexity index is 727. The predicted molar refractivity (Wildman–Crippen MR) is 93.4 cm³/mol. The number of piperidine rings is 1. The van der Waals surface area contributed by atoms with Crippen molar-refractivity contribution >= 4 is 16.7 Å². The summed E-state index contributed by atoms with van der Waals surface area (Å²) in [4.78, 5) is 15.5. The van der Waals surface area contributed by atoms with E-state index in [9.17, 15) is 4.79 Å². The summed E-state index contributed by atoms with van der Waals surface area (Å²) in [5.74, 6) is 1.02. The highest BCUT2D eigenvalue weighted by molar-refractivity contribution is 6.12. The van der Waals surface area contributed by atoms with Gasteiger partial charge in [0.15, 0.2) is 5.78 Å². The van der Waals surface area contributed by atoms with Gasteiger partial charge in [-0.05, 0) is 58.0 Å². The number of aryl methyl sites for hydroxylation is 1. The molecule has 0 radical (unpaired) electrons. The highest BCUT2D eigenvalue weighted by Crippen LogP contribution is 2.30. The van der Waals surface area contributed by atoms with Crippen LogP contribution in [0.15, 0.2) is 18.2 Å². The number of carbonyl (C=O) groups is 1. The molecule has 0 unspecified atom stereocenters. The fraction of sp³-hybridized carbons (Fsp3) is 0.526. The quantitative estimate of drug-likeness (QED) is 0.809. The van der Waals surface area contributed by atoms with E-state index in [1.165, 1.54) is 19.3 Å². The molecule has 3 rings (SSSR count). The van der Waals surface area contributed by atoms with Gasteiger partial charge in [0.25, 0.3) is 0 Å². The summed E-state index contributed by atoms with van der Waals surface area (Å²) in [6.45, 7) is 6.13. The maximum atomic E-state index is 13.2. The van der Waals surface area contributed by atoms with Gasteiger partial charge in [-0.1, -0.05) is 6.42 Å². The van der Waals surface area contributed by atoms with Crippen LogP contribution in [0.3, 0.4) is 0 Å². The van der Waals surface area contributed by atoms with Crippen molar-refractivity contribution in [2.45, 2.75) is 39.2 Å². The number of rotatable bonds is 4. The van der Waals surface area contributed by atoms with E-state index in [4.69, 9.17) is 4.74 Å². The molecule has 1 aromatic carbocycles. The summed E-state index contributed by atoms with van der Waals surface area (Å²) < 4.78 is 7.45. The second kappa shape index (κ2) is 6.36. The SMILES string of the molecule is COc1ccc2c(c1)c(C(=O)[C@@H](C)N1CCCCC1)c(C)n2C. The molecule has 1 saturated heterocycles. The number of likely N-dealkylation sites (tertiary alicyclic amines) is 1. The van der Waals surface area contributed by atoms with Crippen LogP contribution in [0.5, 0.6) is 5.75 Å². The van der Waals surface area contributed by atoms with Crippen molar-refractivity contribution < 1.29 is 9.53 Å². The number of ketones is 1. The van der Waals surface area contributed by atoms with Crippen LogP contribution in [0.1, 0.15) is 42.2 Å². The van der Waals surface area contributed by atoms with E-state index in [0.29, 0.717) is 0 Å². The summed E-state index contributed by atoms with van der Waals surface area (Å²) >= 11 is 0. The minimum Gasteiger partial charge on any atom is -0.497 e. The molecule has 1 atom stereocenters. The lowest BCUT2D eigenvalue weighted by Gasteiger charge is -2.31. The van der Waals surface area contributed by atoms with E-state index in [2.05, 4.69) is 9.47 Å². The number of benzene rings is 1. The summed E-state index contributed by atoms with van der Waals surface area (Å²) in [6.07, 6.45) is 3.67. The molecule has 2 heterocycles. The van der Waals surface area contributed by atoms with Crippen LogP contribution in [-0.4, -0.2) is 41.5 Å². The van der Waals surface area contributed by atoms with E-state index < -0.39 is 0 Å². The molecule has 2 aromatic rings. The molecule has 4 nitrogen and oxygen atoms in total. The van der Waals surface area contributed by atoms with Gasteiger partial charge in [0.1, 0.15) is 5.75 Å². The number of carbonyl (C=O) groups excluding carboxylic acids is 1. The Labute approximate surface area is 138 Å². The molecule has 0 spiro atoms.